The molecule has 0 bridgehead atoms. The Morgan fingerprint density at radius 3 is 2.50 bits per heavy atom. The molecular weight excluding hydrogens is 148 g/mol. The molecule has 1 fully saturated rings. The van der Waals surface area contributed by atoms with E-state index < -0.39 is 9.92 Å². The summed E-state index contributed by atoms with van der Waals surface area (Å²) < 4.78 is 20.0. The van der Waals surface area contributed by atoms with Crippen LogP contribution in [0.25, 0.3) is 0 Å². The van der Waals surface area contributed by atoms with Gasteiger partial charge in [0.25, 0.3) is 0 Å². The van der Waals surface area contributed by atoms with E-state index in [2.05, 4.69) is 6.92 Å². The van der Waals surface area contributed by atoms with E-state index in [1.54, 1.807) is 4.31 Å². The standard InChI is InChI=1S/C6H14N2OS/c1-3-6-4-8(5-6)10(2,7)9/h6-7H,3-5H2,1-2H3. The Morgan fingerprint density at radius 1 is 1.70 bits per heavy atom. The van der Waals surface area contributed by atoms with Crippen LogP contribution in [-0.2, 0) is 9.92 Å². The zero-order valence-electron chi connectivity index (χ0n) is 6.46. The summed E-state index contributed by atoms with van der Waals surface area (Å²) in [4.78, 5) is 0. The molecule has 0 radical (unpaired) electrons. The fourth-order valence-corrected chi connectivity index (χ4v) is 2.06. The predicted molar refractivity (Wildman–Crippen MR) is 42.1 cm³/mol. The molecule has 0 aromatic carbocycles. The number of rotatable bonds is 2. The van der Waals surface area contributed by atoms with Gasteiger partial charge in [0.15, 0.2) is 0 Å². The Labute approximate surface area is 62.5 Å². The number of hydrogen-bond acceptors (Lipinski definition) is 2. The molecule has 1 rings (SSSR count). The van der Waals surface area contributed by atoms with Crippen LogP contribution in [0.4, 0.5) is 0 Å². The van der Waals surface area contributed by atoms with Crippen LogP contribution in [0, 0.1) is 10.7 Å². The molecule has 0 spiro atoms. The molecule has 10 heavy (non-hydrogen) atoms. The van der Waals surface area contributed by atoms with E-state index in [1.807, 2.05) is 0 Å². The van der Waals surface area contributed by atoms with Gasteiger partial charge < -0.3 is 0 Å². The van der Waals surface area contributed by atoms with Crippen molar-refractivity contribution in [3.05, 3.63) is 0 Å². The zero-order chi connectivity index (χ0) is 7.78. The maximum atomic E-state index is 11.0. The smallest absolute Gasteiger partial charge is 0.104 e. The highest BCUT2D eigenvalue weighted by atomic mass is 32.2. The first kappa shape index (κ1) is 8.01. The molecule has 1 heterocycles. The minimum Gasteiger partial charge on any atom is -0.240 e. The second kappa shape index (κ2) is 2.51. The highest BCUT2D eigenvalue weighted by Gasteiger charge is 2.29. The lowest BCUT2D eigenvalue weighted by Gasteiger charge is -2.38. The molecule has 4 heteroatoms. The molecule has 3 nitrogen and oxygen atoms in total. The van der Waals surface area contributed by atoms with Crippen molar-refractivity contribution in [1.82, 2.24) is 4.31 Å². The maximum absolute atomic E-state index is 11.0. The first-order valence-corrected chi connectivity index (χ1v) is 5.45. The molecule has 1 N–H and O–H groups in total. The van der Waals surface area contributed by atoms with Crippen molar-refractivity contribution in [3.8, 4) is 0 Å². The summed E-state index contributed by atoms with van der Waals surface area (Å²) in [6, 6.07) is 0. The molecular formula is C6H14N2OS. The van der Waals surface area contributed by atoms with Gasteiger partial charge in [0.05, 0.1) is 0 Å². The minimum atomic E-state index is -2.38. The zero-order valence-corrected chi connectivity index (χ0v) is 7.28. The summed E-state index contributed by atoms with van der Waals surface area (Å²) in [6.45, 7) is 3.84. The van der Waals surface area contributed by atoms with Gasteiger partial charge in [-0.1, -0.05) is 13.3 Å². The summed E-state index contributed by atoms with van der Waals surface area (Å²) in [5, 5.41) is 0. The SMILES string of the molecule is CCC1CN(S(C)(=N)=O)C1. The summed E-state index contributed by atoms with van der Waals surface area (Å²) in [7, 11) is -2.38. The fraction of sp³-hybridized carbons (Fsp3) is 1.00. The summed E-state index contributed by atoms with van der Waals surface area (Å²) >= 11 is 0. The first-order chi connectivity index (χ1) is 4.54. The Hall–Kier alpha value is -0.0900. The van der Waals surface area contributed by atoms with E-state index in [0.29, 0.717) is 5.92 Å². The van der Waals surface area contributed by atoms with E-state index in [0.717, 1.165) is 19.5 Å². The van der Waals surface area contributed by atoms with Crippen LogP contribution in [0.3, 0.4) is 0 Å². The summed E-state index contributed by atoms with van der Waals surface area (Å²) in [5.74, 6) is 0.686. The molecule has 0 aromatic heterocycles. The van der Waals surface area contributed by atoms with Gasteiger partial charge in [-0.3, -0.25) is 0 Å². The van der Waals surface area contributed by atoms with E-state index in [-0.39, 0.29) is 0 Å². The molecule has 0 saturated carbocycles. The van der Waals surface area contributed by atoms with Crippen molar-refractivity contribution in [2.45, 2.75) is 13.3 Å². The van der Waals surface area contributed by atoms with Crippen LogP contribution in [-0.4, -0.2) is 27.9 Å². The van der Waals surface area contributed by atoms with Gasteiger partial charge in [-0.25, -0.2) is 13.3 Å². The predicted octanol–water partition coefficient (Wildman–Crippen LogP) is 0.920. The molecule has 1 atom stereocenters. The van der Waals surface area contributed by atoms with Crippen molar-refractivity contribution in [1.29, 1.82) is 4.78 Å². The first-order valence-electron chi connectivity index (χ1n) is 3.53. The van der Waals surface area contributed by atoms with Gasteiger partial charge in [0, 0.05) is 19.3 Å². The van der Waals surface area contributed by atoms with Gasteiger partial charge in [-0.2, -0.15) is 0 Å². The average molecular weight is 162 g/mol. The van der Waals surface area contributed by atoms with Gasteiger partial charge in [-0.15, -0.1) is 0 Å². The quantitative estimate of drug-likeness (QED) is 0.644. The fourth-order valence-electron chi connectivity index (χ4n) is 1.07. The van der Waals surface area contributed by atoms with Crippen molar-refractivity contribution in [2.24, 2.45) is 5.92 Å². The van der Waals surface area contributed by atoms with Crippen LogP contribution in [0.15, 0.2) is 0 Å². The third-order valence-electron chi connectivity index (χ3n) is 1.99. The Kier molecular flexibility index (Phi) is 2.01. The Balaban J connectivity index is 2.41. The summed E-state index contributed by atoms with van der Waals surface area (Å²) in [5.41, 5.74) is 0. The van der Waals surface area contributed by atoms with Gasteiger partial charge in [-0.05, 0) is 5.92 Å². The molecule has 60 valence electrons. The van der Waals surface area contributed by atoms with E-state index >= 15 is 0 Å². The van der Waals surface area contributed by atoms with E-state index in [1.165, 1.54) is 6.26 Å². The van der Waals surface area contributed by atoms with Crippen LogP contribution < -0.4 is 0 Å². The van der Waals surface area contributed by atoms with Crippen molar-refractivity contribution >= 4 is 9.92 Å². The van der Waals surface area contributed by atoms with Crippen molar-refractivity contribution in [3.63, 3.8) is 0 Å². The number of nitrogens with zero attached hydrogens (tertiary/aromatic N) is 1. The molecule has 0 amide bonds. The second-order valence-corrected chi connectivity index (χ2v) is 5.05. The molecule has 1 aliphatic rings. The van der Waals surface area contributed by atoms with Gasteiger partial charge >= 0.3 is 0 Å². The average Bonchev–Trinajstić information content (AvgIpc) is 1.57. The minimum absolute atomic E-state index is 0.686. The number of nitrogens with one attached hydrogen (secondary N) is 1. The Morgan fingerprint density at radius 2 is 2.20 bits per heavy atom. The van der Waals surface area contributed by atoms with E-state index in [9.17, 15) is 4.21 Å². The molecule has 0 aliphatic carbocycles. The third-order valence-corrected chi connectivity index (χ3v) is 3.28. The van der Waals surface area contributed by atoms with Crippen LogP contribution in [0.2, 0.25) is 0 Å². The molecule has 1 unspecified atom stereocenters. The van der Waals surface area contributed by atoms with Crippen molar-refractivity contribution < 1.29 is 4.21 Å². The lowest BCUT2D eigenvalue weighted by Crippen LogP contribution is -2.48. The van der Waals surface area contributed by atoms with Gasteiger partial charge in [0.1, 0.15) is 9.92 Å². The lowest BCUT2D eigenvalue weighted by atomic mass is 10.0. The largest absolute Gasteiger partial charge is 0.240 e. The molecule has 0 aromatic rings. The highest BCUT2D eigenvalue weighted by molar-refractivity contribution is 7.89. The number of hydrogen-bond donors (Lipinski definition) is 1. The van der Waals surface area contributed by atoms with Crippen LogP contribution >= 0.6 is 0 Å². The van der Waals surface area contributed by atoms with Crippen molar-refractivity contribution in [2.75, 3.05) is 19.3 Å². The summed E-state index contributed by atoms with van der Waals surface area (Å²) in [6.07, 6.45) is 2.63. The third kappa shape index (κ3) is 1.49. The van der Waals surface area contributed by atoms with Gasteiger partial charge in [0.2, 0.25) is 0 Å². The van der Waals surface area contributed by atoms with Crippen LogP contribution in [0.5, 0.6) is 0 Å². The van der Waals surface area contributed by atoms with E-state index in [4.69, 9.17) is 4.78 Å². The molecule has 1 saturated heterocycles. The van der Waals surface area contributed by atoms with Crippen LogP contribution in [0.1, 0.15) is 13.3 Å². The maximum Gasteiger partial charge on any atom is 0.104 e. The highest BCUT2D eigenvalue weighted by Crippen LogP contribution is 2.20. The normalized spacial score (nSPS) is 27.4. The molecule has 1 aliphatic heterocycles. The second-order valence-electron chi connectivity index (χ2n) is 2.92. The lowest BCUT2D eigenvalue weighted by molar-refractivity contribution is 0.203. The Bertz CT molecular complexity index is 204. The monoisotopic (exact) mass is 162 g/mol. The topological polar surface area (TPSA) is 44.2 Å².